The first kappa shape index (κ1) is 21.0. The zero-order chi connectivity index (χ0) is 23.1. The molecule has 0 amide bonds. The van der Waals surface area contributed by atoms with Gasteiger partial charge < -0.3 is 14.8 Å². The number of nitrogens with zero attached hydrogens (tertiary/aromatic N) is 1. The Morgan fingerprint density at radius 3 is 2.45 bits per heavy atom. The highest BCUT2D eigenvalue weighted by Gasteiger charge is 2.43. The molecule has 0 saturated carbocycles. The van der Waals surface area contributed by atoms with Gasteiger partial charge in [0.2, 0.25) is 0 Å². The number of para-hydroxylation sites is 1. The minimum Gasteiger partial charge on any atom is -0.496 e. The lowest BCUT2D eigenvalue weighted by molar-refractivity contribution is 0.103. The fourth-order valence-corrected chi connectivity index (χ4v) is 4.76. The molecule has 0 saturated heterocycles. The summed E-state index contributed by atoms with van der Waals surface area (Å²) in [5.74, 6) is 0.0954. The van der Waals surface area contributed by atoms with Gasteiger partial charge in [-0.05, 0) is 12.5 Å². The van der Waals surface area contributed by atoms with Gasteiger partial charge in [0, 0.05) is 42.5 Å². The van der Waals surface area contributed by atoms with Gasteiger partial charge >= 0.3 is 5.69 Å². The van der Waals surface area contributed by atoms with Crippen LogP contribution in [-0.4, -0.2) is 36.2 Å². The van der Waals surface area contributed by atoms with Crippen molar-refractivity contribution in [1.82, 2.24) is 9.55 Å². The molecule has 0 bridgehead atoms. The Morgan fingerprint density at radius 2 is 1.70 bits per heavy atom. The molecule has 5 rings (SSSR count). The first-order valence-corrected chi connectivity index (χ1v) is 10.7. The first-order valence-electron chi connectivity index (χ1n) is 10.7. The molecule has 8 heteroatoms. The highest BCUT2D eigenvalue weighted by atomic mass is 16.5. The predicted octanol–water partition coefficient (Wildman–Crippen LogP) is 2.75. The number of rotatable bonds is 6. The number of H-pyrrole nitrogens is 1. The lowest BCUT2D eigenvalue weighted by Crippen LogP contribution is -2.38. The zero-order valence-corrected chi connectivity index (χ0v) is 18.3. The summed E-state index contributed by atoms with van der Waals surface area (Å²) >= 11 is 0. The largest absolute Gasteiger partial charge is 0.496 e. The van der Waals surface area contributed by atoms with E-state index in [0.717, 1.165) is 5.56 Å². The molecule has 2 heterocycles. The number of fused-ring (bicyclic) bond motifs is 3. The van der Waals surface area contributed by atoms with E-state index in [1.54, 1.807) is 26.4 Å². The van der Waals surface area contributed by atoms with Crippen molar-refractivity contribution in [3.63, 3.8) is 0 Å². The van der Waals surface area contributed by atoms with Crippen LogP contribution in [0.15, 0.2) is 63.7 Å². The average molecular weight is 445 g/mol. The molecule has 33 heavy (non-hydrogen) atoms. The smallest absolute Gasteiger partial charge is 0.329 e. The number of carbonyl (C=O) groups is 1. The Morgan fingerprint density at radius 1 is 0.970 bits per heavy atom. The van der Waals surface area contributed by atoms with E-state index in [1.807, 2.05) is 36.4 Å². The van der Waals surface area contributed by atoms with E-state index >= 15 is 0 Å². The van der Waals surface area contributed by atoms with Crippen LogP contribution in [0.25, 0.3) is 5.70 Å². The zero-order valence-electron chi connectivity index (χ0n) is 18.3. The molecular formula is C25H23N3O5. The van der Waals surface area contributed by atoms with Gasteiger partial charge in [0.1, 0.15) is 11.6 Å². The number of aromatic amines is 1. The number of ketones is 1. The van der Waals surface area contributed by atoms with Crippen LogP contribution >= 0.6 is 0 Å². The Kier molecular flexibility index (Phi) is 5.22. The normalized spacial score (nSPS) is 16.2. The number of benzene rings is 2. The van der Waals surface area contributed by atoms with E-state index in [4.69, 9.17) is 9.47 Å². The first-order chi connectivity index (χ1) is 16.1. The minimum atomic E-state index is -0.703. The molecule has 2 N–H and O–H groups in total. The Balaban J connectivity index is 1.81. The van der Waals surface area contributed by atoms with E-state index < -0.39 is 17.2 Å². The molecule has 0 radical (unpaired) electrons. The third-order valence-corrected chi connectivity index (χ3v) is 6.19. The number of ether oxygens (including phenoxy) is 2. The number of nitrogens with one attached hydrogen (secondary N) is 2. The Bertz CT molecular complexity index is 1420. The van der Waals surface area contributed by atoms with Gasteiger partial charge in [0.05, 0.1) is 24.3 Å². The molecule has 168 valence electrons. The standard InChI is InChI=1S/C25H23N3O5/c1-32-13-7-12-28-23-20(24(30)27-25(28)31)18(16-10-5-6-11-17(16)33-2)19-21(26-23)14-8-3-4-9-15(14)22(19)29/h3-6,8-11,18,26H,7,12-13H2,1-2H3,(H,27,30,31)/t18-/m1/s1. The third kappa shape index (κ3) is 3.22. The van der Waals surface area contributed by atoms with Crippen molar-refractivity contribution >= 4 is 17.3 Å². The second kappa shape index (κ2) is 8.22. The van der Waals surface area contributed by atoms with E-state index in [-0.39, 0.29) is 5.78 Å². The summed E-state index contributed by atoms with van der Waals surface area (Å²) < 4.78 is 12.2. The molecule has 3 aromatic rings. The molecule has 2 aromatic carbocycles. The van der Waals surface area contributed by atoms with Gasteiger partial charge in [-0.2, -0.15) is 0 Å². The summed E-state index contributed by atoms with van der Waals surface area (Å²) in [6.45, 7) is 0.807. The average Bonchev–Trinajstić information content (AvgIpc) is 3.12. The van der Waals surface area contributed by atoms with Crippen LogP contribution in [0.5, 0.6) is 5.75 Å². The van der Waals surface area contributed by atoms with Gasteiger partial charge in [0.15, 0.2) is 5.78 Å². The molecule has 0 spiro atoms. The lowest BCUT2D eigenvalue weighted by atomic mass is 9.81. The minimum absolute atomic E-state index is 0.147. The van der Waals surface area contributed by atoms with Crippen molar-refractivity contribution in [2.24, 2.45) is 0 Å². The van der Waals surface area contributed by atoms with Crippen molar-refractivity contribution in [1.29, 1.82) is 0 Å². The van der Waals surface area contributed by atoms with Crippen LogP contribution in [0, 0.1) is 0 Å². The number of Topliss-reactive ketones (excluding diaryl/α,β-unsaturated/α-hetero) is 1. The summed E-state index contributed by atoms with van der Waals surface area (Å²) in [5, 5.41) is 3.28. The summed E-state index contributed by atoms with van der Waals surface area (Å²) in [7, 11) is 3.15. The van der Waals surface area contributed by atoms with Gasteiger partial charge in [-0.1, -0.05) is 42.5 Å². The summed E-state index contributed by atoms with van der Waals surface area (Å²) in [6, 6.07) is 14.6. The molecule has 0 unspecified atom stereocenters. The van der Waals surface area contributed by atoms with Crippen molar-refractivity contribution in [2.45, 2.75) is 18.9 Å². The number of hydrogen-bond donors (Lipinski definition) is 2. The number of hydrogen-bond acceptors (Lipinski definition) is 6. The SMILES string of the molecule is COCCCn1c2c(c(=O)[nH]c1=O)[C@H](c1ccccc1OC)C1=C(N2)c2ccccc2C1=O. The van der Waals surface area contributed by atoms with E-state index in [2.05, 4.69) is 10.3 Å². The van der Waals surface area contributed by atoms with Crippen LogP contribution in [-0.2, 0) is 11.3 Å². The van der Waals surface area contributed by atoms with Crippen LogP contribution in [0.2, 0.25) is 0 Å². The second-order valence-electron chi connectivity index (χ2n) is 7.98. The Labute approximate surface area is 189 Å². The molecule has 2 aliphatic rings. The predicted molar refractivity (Wildman–Crippen MR) is 124 cm³/mol. The topological polar surface area (TPSA) is 102 Å². The van der Waals surface area contributed by atoms with Crippen LogP contribution < -0.4 is 21.3 Å². The van der Waals surface area contributed by atoms with E-state index in [1.165, 1.54) is 4.57 Å². The van der Waals surface area contributed by atoms with Gasteiger partial charge in [-0.3, -0.25) is 19.1 Å². The van der Waals surface area contributed by atoms with E-state index in [9.17, 15) is 14.4 Å². The highest BCUT2D eigenvalue weighted by molar-refractivity contribution is 6.23. The van der Waals surface area contributed by atoms with Gasteiger partial charge in [-0.15, -0.1) is 0 Å². The van der Waals surface area contributed by atoms with Crippen LogP contribution in [0.3, 0.4) is 0 Å². The van der Waals surface area contributed by atoms with Crippen molar-refractivity contribution < 1.29 is 14.3 Å². The fourth-order valence-electron chi connectivity index (χ4n) is 4.76. The summed E-state index contributed by atoms with van der Waals surface area (Å²) in [4.78, 5) is 42.0. The van der Waals surface area contributed by atoms with Gasteiger partial charge in [0.25, 0.3) is 5.56 Å². The molecule has 8 nitrogen and oxygen atoms in total. The number of allylic oxidation sites excluding steroid dienone is 1. The Hall–Kier alpha value is -3.91. The molecule has 1 aliphatic heterocycles. The quantitative estimate of drug-likeness (QED) is 0.566. The summed E-state index contributed by atoms with van der Waals surface area (Å²) in [5.41, 5.74) is 2.36. The molecule has 1 aromatic heterocycles. The van der Waals surface area contributed by atoms with E-state index in [0.29, 0.717) is 59.1 Å². The van der Waals surface area contributed by atoms with Crippen LogP contribution in [0.4, 0.5) is 5.82 Å². The fraction of sp³-hybridized carbons (Fsp3) is 0.240. The number of aromatic nitrogens is 2. The summed E-state index contributed by atoms with van der Waals surface area (Å²) in [6.07, 6.45) is 0.581. The molecule has 1 atom stereocenters. The highest BCUT2D eigenvalue weighted by Crippen LogP contribution is 2.49. The molecule has 1 aliphatic carbocycles. The monoisotopic (exact) mass is 445 g/mol. The maximum absolute atomic E-state index is 13.6. The van der Waals surface area contributed by atoms with Crippen LogP contribution in [0.1, 0.15) is 39.4 Å². The second-order valence-corrected chi connectivity index (χ2v) is 7.98. The van der Waals surface area contributed by atoms with Gasteiger partial charge in [-0.25, -0.2) is 4.79 Å². The maximum atomic E-state index is 13.6. The number of anilines is 1. The molecular weight excluding hydrogens is 422 g/mol. The third-order valence-electron chi connectivity index (χ3n) is 6.19. The lowest BCUT2D eigenvalue weighted by Gasteiger charge is -2.30. The van der Waals surface area contributed by atoms with Crippen molar-refractivity contribution in [3.8, 4) is 5.75 Å². The maximum Gasteiger partial charge on any atom is 0.329 e. The molecule has 0 fully saturated rings. The number of methoxy groups -OCH3 is 2. The van der Waals surface area contributed by atoms with Crippen molar-refractivity contribution in [2.75, 3.05) is 26.1 Å². The number of carbonyl (C=O) groups excluding carboxylic acids is 1. The van der Waals surface area contributed by atoms with Crippen molar-refractivity contribution in [3.05, 3.63) is 97.2 Å².